The van der Waals surface area contributed by atoms with Crippen molar-refractivity contribution in [2.75, 3.05) is 11.1 Å². The van der Waals surface area contributed by atoms with Crippen LogP contribution < -0.4 is 5.32 Å². The van der Waals surface area contributed by atoms with Crippen molar-refractivity contribution in [1.82, 2.24) is 29.9 Å². The second kappa shape index (κ2) is 8.85. The van der Waals surface area contributed by atoms with Crippen LogP contribution in [0.25, 0.3) is 33.5 Å². The Morgan fingerprint density at radius 3 is 2.69 bits per heavy atom. The quantitative estimate of drug-likeness (QED) is 0.378. The summed E-state index contributed by atoms with van der Waals surface area (Å²) in [5.41, 5.74) is 5.30. The van der Waals surface area contributed by atoms with E-state index in [9.17, 15) is 4.79 Å². The number of fused-ring (bicyclic) bond motifs is 1. The first-order valence-corrected chi connectivity index (χ1v) is 11.6. The topological polar surface area (TPSA) is 98.5 Å². The number of carbonyl (C=O) groups is 1. The van der Waals surface area contributed by atoms with E-state index in [-0.39, 0.29) is 11.7 Å². The lowest BCUT2D eigenvalue weighted by Gasteiger charge is -2.10. The highest BCUT2D eigenvalue weighted by Gasteiger charge is 2.17. The number of benzene rings is 2. The van der Waals surface area contributed by atoms with Crippen LogP contribution in [0.15, 0.2) is 71.3 Å². The Balaban J connectivity index is 1.46. The van der Waals surface area contributed by atoms with E-state index in [1.165, 1.54) is 23.1 Å². The molecule has 1 N–H and O–H groups in total. The van der Waals surface area contributed by atoms with Gasteiger partial charge in [0.2, 0.25) is 11.0 Å². The van der Waals surface area contributed by atoms with Crippen molar-refractivity contribution in [2.24, 2.45) is 7.05 Å². The number of amides is 1. The molecule has 1 amide bonds. The van der Waals surface area contributed by atoms with Crippen LogP contribution in [0.5, 0.6) is 0 Å². The molecule has 0 radical (unpaired) electrons. The number of para-hydroxylation sites is 1. The Kier molecular flexibility index (Phi) is 5.61. The number of anilines is 1. The zero-order valence-corrected chi connectivity index (χ0v) is 18.6. The first-order valence-electron chi connectivity index (χ1n) is 9.73. The van der Waals surface area contributed by atoms with Gasteiger partial charge in [0.25, 0.3) is 0 Å². The van der Waals surface area contributed by atoms with Gasteiger partial charge in [0, 0.05) is 23.6 Å². The van der Waals surface area contributed by atoms with Crippen molar-refractivity contribution in [2.45, 2.75) is 5.16 Å². The van der Waals surface area contributed by atoms with Crippen molar-refractivity contribution in [3.63, 3.8) is 0 Å². The van der Waals surface area contributed by atoms with Gasteiger partial charge in [-0.3, -0.25) is 10.1 Å². The Morgan fingerprint density at radius 2 is 1.88 bits per heavy atom. The van der Waals surface area contributed by atoms with Crippen LogP contribution >= 0.6 is 23.1 Å². The second-order valence-electron chi connectivity index (χ2n) is 6.88. The summed E-state index contributed by atoms with van der Waals surface area (Å²) in [6, 6.07) is 20.1. The van der Waals surface area contributed by atoms with Crippen molar-refractivity contribution in [3.8, 4) is 22.6 Å². The van der Waals surface area contributed by atoms with E-state index in [1.54, 1.807) is 5.51 Å². The molecule has 0 aliphatic heterocycles. The van der Waals surface area contributed by atoms with Gasteiger partial charge in [-0.15, -0.1) is 20.4 Å². The fourth-order valence-corrected chi connectivity index (χ4v) is 4.48. The van der Waals surface area contributed by atoms with E-state index in [4.69, 9.17) is 4.98 Å². The predicted molar refractivity (Wildman–Crippen MR) is 126 cm³/mol. The van der Waals surface area contributed by atoms with Crippen LogP contribution in [0.3, 0.4) is 0 Å². The predicted octanol–water partition coefficient (Wildman–Crippen LogP) is 4.28. The van der Waals surface area contributed by atoms with Gasteiger partial charge in [0.15, 0.2) is 11.0 Å². The lowest BCUT2D eigenvalue weighted by molar-refractivity contribution is -0.113. The molecule has 5 aromatic rings. The van der Waals surface area contributed by atoms with Crippen LogP contribution in [-0.2, 0) is 11.8 Å². The highest BCUT2D eigenvalue weighted by Crippen LogP contribution is 2.32. The lowest BCUT2D eigenvalue weighted by atomic mass is 10.0. The Morgan fingerprint density at radius 1 is 1.06 bits per heavy atom. The molecular formula is C22H17N7OS2. The summed E-state index contributed by atoms with van der Waals surface area (Å²) in [5.74, 6) is 0.739. The number of nitrogens with zero attached hydrogens (tertiary/aromatic N) is 6. The fourth-order valence-electron chi connectivity index (χ4n) is 3.31. The third-order valence-corrected chi connectivity index (χ3v) is 6.43. The highest BCUT2D eigenvalue weighted by molar-refractivity contribution is 7.99. The monoisotopic (exact) mass is 459 g/mol. The molecule has 0 fully saturated rings. The van der Waals surface area contributed by atoms with Crippen molar-refractivity contribution < 1.29 is 4.79 Å². The number of thioether (sulfide) groups is 1. The first-order chi connectivity index (χ1) is 15.7. The summed E-state index contributed by atoms with van der Waals surface area (Å²) in [5, 5.41) is 21.1. The van der Waals surface area contributed by atoms with Gasteiger partial charge in [0.1, 0.15) is 5.51 Å². The SMILES string of the molecule is Cn1c(SCC(=O)Nc2nncs2)nnc1-c1cc(-c2ccccc2)nc2ccccc12. The second-order valence-corrected chi connectivity index (χ2v) is 8.66. The van der Waals surface area contributed by atoms with Crippen molar-refractivity contribution in [1.29, 1.82) is 0 Å². The summed E-state index contributed by atoms with van der Waals surface area (Å²) in [6.45, 7) is 0. The molecular weight excluding hydrogens is 442 g/mol. The molecule has 0 atom stereocenters. The summed E-state index contributed by atoms with van der Waals surface area (Å²) < 4.78 is 1.90. The van der Waals surface area contributed by atoms with Crippen LogP contribution in [0, 0.1) is 0 Å². The minimum atomic E-state index is -0.169. The third kappa shape index (κ3) is 4.10. The maximum absolute atomic E-state index is 12.2. The standard InChI is InChI=1S/C22H17N7OS2/c1-29-20(26-28-22(29)31-12-19(30)25-21-27-23-13-32-21)16-11-18(14-7-3-2-4-8-14)24-17-10-6-5-9-15(16)17/h2-11,13H,12H2,1H3,(H,25,27,30). The molecule has 0 unspecified atom stereocenters. The molecule has 5 rings (SSSR count). The van der Waals surface area contributed by atoms with E-state index in [1.807, 2.05) is 72.3 Å². The molecule has 0 saturated heterocycles. The summed E-state index contributed by atoms with van der Waals surface area (Å²) >= 11 is 2.59. The van der Waals surface area contributed by atoms with Gasteiger partial charge < -0.3 is 4.57 Å². The number of hydrogen-bond acceptors (Lipinski definition) is 8. The molecule has 2 aromatic carbocycles. The Hall–Kier alpha value is -3.63. The maximum Gasteiger partial charge on any atom is 0.236 e. The molecule has 158 valence electrons. The zero-order chi connectivity index (χ0) is 21.9. The fraction of sp³-hybridized carbons (Fsp3) is 0.0909. The number of nitrogens with one attached hydrogen (secondary N) is 1. The Labute approximate surface area is 191 Å². The maximum atomic E-state index is 12.2. The molecule has 0 saturated carbocycles. The minimum Gasteiger partial charge on any atom is -0.305 e. The summed E-state index contributed by atoms with van der Waals surface area (Å²) in [7, 11) is 1.90. The van der Waals surface area contributed by atoms with Crippen LogP contribution in [0.2, 0.25) is 0 Å². The average Bonchev–Trinajstić information content (AvgIpc) is 3.47. The number of pyridine rings is 1. The number of aromatic nitrogens is 6. The summed E-state index contributed by atoms with van der Waals surface area (Å²) in [4.78, 5) is 17.0. The molecule has 3 heterocycles. The minimum absolute atomic E-state index is 0.169. The van der Waals surface area contributed by atoms with Gasteiger partial charge >= 0.3 is 0 Å². The molecule has 3 aromatic heterocycles. The molecule has 0 bridgehead atoms. The van der Waals surface area contributed by atoms with Crippen LogP contribution in [0.1, 0.15) is 0 Å². The third-order valence-electron chi connectivity index (χ3n) is 4.80. The van der Waals surface area contributed by atoms with E-state index < -0.39 is 0 Å². The van der Waals surface area contributed by atoms with Gasteiger partial charge in [-0.25, -0.2) is 4.98 Å². The molecule has 0 spiro atoms. The smallest absolute Gasteiger partial charge is 0.236 e. The van der Waals surface area contributed by atoms with Gasteiger partial charge in [-0.2, -0.15) is 0 Å². The van der Waals surface area contributed by atoms with Gasteiger partial charge in [-0.05, 0) is 12.1 Å². The number of hydrogen-bond donors (Lipinski definition) is 1. The highest BCUT2D eigenvalue weighted by atomic mass is 32.2. The van der Waals surface area contributed by atoms with Crippen LogP contribution in [-0.4, -0.2) is 41.6 Å². The average molecular weight is 460 g/mol. The number of carbonyl (C=O) groups excluding carboxylic acids is 1. The van der Waals surface area contributed by atoms with E-state index in [2.05, 4.69) is 25.7 Å². The van der Waals surface area contributed by atoms with E-state index in [0.29, 0.717) is 16.1 Å². The molecule has 0 aliphatic carbocycles. The molecule has 10 heteroatoms. The van der Waals surface area contributed by atoms with E-state index >= 15 is 0 Å². The van der Waals surface area contributed by atoms with Crippen molar-refractivity contribution >= 4 is 45.0 Å². The van der Waals surface area contributed by atoms with Crippen molar-refractivity contribution in [3.05, 3.63) is 66.2 Å². The largest absolute Gasteiger partial charge is 0.305 e. The van der Waals surface area contributed by atoms with Gasteiger partial charge in [-0.1, -0.05) is 71.6 Å². The van der Waals surface area contributed by atoms with Gasteiger partial charge in [0.05, 0.1) is 17.0 Å². The molecule has 8 nitrogen and oxygen atoms in total. The number of rotatable bonds is 6. The summed E-state index contributed by atoms with van der Waals surface area (Å²) in [6.07, 6.45) is 0. The Bertz CT molecular complexity index is 1380. The molecule has 32 heavy (non-hydrogen) atoms. The zero-order valence-electron chi connectivity index (χ0n) is 17.0. The van der Waals surface area contributed by atoms with E-state index in [0.717, 1.165) is 27.7 Å². The molecule has 0 aliphatic rings. The lowest BCUT2D eigenvalue weighted by Crippen LogP contribution is -2.14. The normalized spacial score (nSPS) is 11.0. The first kappa shape index (κ1) is 20.3. The van der Waals surface area contributed by atoms with Crippen LogP contribution in [0.4, 0.5) is 5.13 Å².